The lowest BCUT2D eigenvalue weighted by Crippen LogP contribution is -2.22. The zero-order chi connectivity index (χ0) is 20.8. The number of hydrogen-bond donors (Lipinski definition) is 0. The number of fused-ring (bicyclic) bond motifs is 3. The minimum absolute atomic E-state index is 0.0514. The Morgan fingerprint density at radius 2 is 1.93 bits per heavy atom. The molecule has 0 fully saturated rings. The smallest absolute Gasteiger partial charge is 0.418 e. The van der Waals surface area contributed by atoms with Crippen LogP contribution in [0.1, 0.15) is 22.8 Å². The van der Waals surface area contributed by atoms with Gasteiger partial charge in [-0.3, -0.25) is 9.36 Å². The van der Waals surface area contributed by atoms with Crippen LogP contribution >= 0.6 is 0 Å². The number of alkyl halides is 3. The summed E-state index contributed by atoms with van der Waals surface area (Å²) in [6, 6.07) is 6.24. The van der Waals surface area contributed by atoms with E-state index in [9.17, 15) is 22.8 Å². The lowest BCUT2D eigenvalue weighted by Gasteiger charge is -2.14. The van der Waals surface area contributed by atoms with Gasteiger partial charge in [-0.1, -0.05) is 12.1 Å². The van der Waals surface area contributed by atoms with Gasteiger partial charge in [-0.15, -0.1) is 0 Å². The maximum absolute atomic E-state index is 13.3. The second-order valence-electron chi connectivity index (χ2n) is 6.08. The summed E-state index contributed by atoms with van der Waals surface area (Å²) in [6.07, 6.45) is -0.904. The average molecular weight is 402 g/mol. The predicted octanol–water partition coefficient (Wildman–Crippen LogP) is 3.23. The van der Waals surface area contributed by atoms with Gasteiger partial charge in [0.25, 0.3) is 5.56 Å². The molecule has 29 heavy (non-hydrogen) atoms. The van der Waals surface area contributed by atoms with Gasteiger partial charge in [0.15, 0.2) is 5.65 Å². The number of rotatable bonds is 3. The lowest BCUT2D eigenvalue weighted by molar-refractivity contribution is -0.137. The molecule has 10 heteroatoms. The van der Waals surface area contributed by atoms with Crippen molar-refractivity contribution < 1.29 is 22.7 Å². The quantitative estimate of drug-likeness (QED) is 0.492. The standard InChI is InChI=1S/C19H13F3N4O3/c1-2-29-18(28)12-10-24-26-14-7-8-25(17(27)11(14)9-23-16(12)26)15-6-4-3-5-13(15)19(20,21)22/h3-10H,2H2,1H3. The molecule has 0 saturated heterocycles. The highest BCUT2D eigenvalue weighted by molar-refractivity contribution is 5.97. The maximum atomic E-state index is 13.3. The molecule has 0 bridgehead atoms. The van der Waals surface area contributed by atoms with E-state index in [1.807, 2.05) is 0 Å². The van der Waals surface area contributed by atoms with Crippen LogP contribution in [0.25, 0.3) is 22.2 Å². The van der Waals surface area contributed by atoms with Crippen LogP contribution in [0.3, 0.4) is 0 Å². The minimum Gasteiger partial charge on any atom is -0.462 e. The molecule has 0 spiro atoms. The number of hydrogen-bond acceptors (Lipinski definition) is 5. The highest BCUT2D eigenvalue weighted by atomic mass is 19.4. The van der Waals surface area contributed by atoms with E-state index < -0.39 is 23.3 Å². The zero-order valence-electron chi connectivity index (χ0n) is 15.0. The van der Waals surface area contributed by atoms with Crippen molar-refractivity contribution in [2.75, 3.05) is 6.61 Å². The van der Waals surface area contributed by atoms with Crippen molar-refractivity contribution in [3.63, 3.8) is 0 Å². The third kappa shape index (κ3) is 3.02. The number of ether oxygens (including phenoxy) is 1. The summed E-state index contributed by atoms with van der Waals surface area (Å²) < 4.78 is 47.2. The van der Waals surface area contributed by atoms with E-state index in [1.165, 1.54) is 47.4 Å². The molecule has 3 aromatic heterocycles. The zero-order valence-corrected chi connectivity index (χ0v) is 15.0. The van der Waals surface area contributed by atoms with Crippen LogP contribution in [-0.2, 0) is 10.9 Å². The van der Waals surface area contributed by atoms with Gasteiger partial charge in [0, 0.05) is 12.4 Å². The summed E-state index contributed by atoms with van der Waals surface area (Å²) in [7, 11) is 0. The molecule has 0 aliphatic heterocycles. The van der Waals surface area contributed by atoms with Crippen molar-refractivity contribution >= 4 is 22.5 Å². The SMILES string of the molecule is CCOC(=O)c1cnn2c1ncc1c(=O)n(-c3ccccc3C(F)(F)F)ccc12. The van der Waals surface area contributed by atoms with E-state index in [0.717, 1.165) is 10.6 Å². The number of halogens is 3. The van der Waals surface area contributed by atoms with Crippen molar-refractivity contribution in [3.8, 4) is 5.69 Å². The maximum Gasteiger partial charge on any atom is 0.418 e. The van der Waals surface area contributed by atoms with E-state index in [1.54, 1.807) is 6.92 Å². The lowest BCUT2D eigenvalue weighted by atomic mass is 10.1. The number of carbonyl (C=O) groups excluding carboxylic acids is 1. The number of para-hydroxylation sites is 1. The summed E-state index contributed by atoms with van der Waals surface area (Å²) in [5.41, 5.74) is -1.30. The van der Waals surface area contributed by atoms with Crippen LogP contribution < -0.4 is 5.56 Å². The fraction of sp³-hybridized carbons (Fsp3) is 0.158. The van der Waals surface area contributed by atoms with E-state index in [0.29, 0.717) is 5.52 Å². The third-order valence-electron chi connectivity index (χ3n) is 4.36. The first-order valence-corrected chi connectivity index (χ1v) is 8.54. The van der Waals surface area contributed by atoms with Crippen LogP contribution in [0, 0.1) is 0 Å². The van der Waals surface area contributed by atoms with Crippen molar-refractivity contribution in [1.82, 2.24) is 19.2 Å². The monoisotopic (exact) mass is 402 g/mol. The van der Waals surface area contributed by atoms with Gasteiger partial charge in [-0.25, -0.2) is 14.3 Å². The fourth-order valence-electron chi connectivity index (χ4n) is 3.08. The molecular formula is C19H13F3N4O3. The Hall–Kier alpha value is -3.69. The fourth-order valence-corrected chi connectivity index (χ4v) is 3.08. The first-order valence-electron chi connectivity index (χ1n) is 8.54. The summed E-state index contributed by atoms with van der Waals surface area (Å²) in [4.78, 5) is 29.0. The Morgan fingerprint density at radius 3 is 2.66 bits per heavy atom. The number of benzene rings is 1. The summed E-state index contributed by atoms with van der Waals surface area (Å²) >= 11 is 0. The van der Waals surface area contributed by atoms with Crippen LogP contribution in [0.4, 0.5) is 13.2 Å². The number of pyridine rings is 1. The first kappa shape index (κ1) is 18.7. The molecule has 0 saturated carbocycles. The van der Waals surface area contributed by atoms with Gasteiger partial charge in [-0.2, -0.15) is 18.3 Å². The van der Waals surface area contributed by atoms with Crippen LogP contribution in [0.5, 0.6) is 0 Å². The van der Waals surface area contributed by atoms with Crippen LogP contribution in [-0.4, -0.2) is 31.7 Å². The Morgan fingerprint density at radius 1 is 1.17 bits per heavy atom. The van der Waals surface area contributed by atoms with Crippen molar-refractivity contribution in [2.45, 2.75) is 13.1 Å². The molecule has 3 heterocycles. The summed E-state index contributed by atoms with van der Waals surface area (Å²) in [5, 5.41) is 4.13. The molecule has 0 aliphatic rings. The molecule has 0 radical (unpaired) electrons. The number of esters is 1. The predicted molar refractivity (Wildman–Crippen MR) is 97.0 cm³/mol. The van der Waals surface area contributed by atoms with Crippen molar-refractivity contribution in [2.24, 2.45) is 0 Å². The van der Waals surface area contributed by atoms with Crippen LogP contribution in [0.15, 0.2) is 53.7 Å². The van der Waals surface area contributed by atoms with E-state index in [2.05, 4.69) is 10.1 Å². The normalized spacial score (nSPS) is 11.9. The van der Waals surface area contributed by atoms with Gasteiger partial charge >= 0.3 is 12.1 Å². The molecule has 4 aromatic rings. The van der Waals surface area contributed by atoms with Crippen LogP contribution in [0.2, 0.25) is 0 Å². The third-order valence-corrected chi connectivity index (χ3v) is 4.36. The molecule has 0 unspecified atom stereocenters. The van der Waals surface area contributed by atoms with E-state index >= 15 is 0 Å². The Balaban J connectivity index is 1.94. The topological polar surface area (TPSA) is 78.5 Å². The molecule has 0 aliphatic carbocycles. The van der Waals surface area contributed by atoms with Gasteiger partial charge in [0.2, 0.25) is 0 Å². The highest BCUT2D eigenvalue weighted by Crippen LogP contribution is 2.33. The highest BCUT2D eigenvalue weighted by Gasteiger charge is 2.34. The molecule has 7 nitrogen and oxygen atoms in total. The Labute approximate surface area is 161 Å². The molecule has 148 valence electrons. The minimum atomic E-state index is -4.62. The number of aromatic nitrogens is 4. The molecule has 0 atom stereocenters. The molecule has 1 aromatic carbocycles. The molecular weight excluding hydrogens is 389 g/mol. The summed E-state index contributed by atoms with van der Waals surface area (Å²) in [5.74, 6) is -0.609. The summed E-state index contributed by atoms with van der Waals surface area (Å²) in [6.45, 7) is 1.83. The van der Waals surface area contributed by atoms with Crippen molar-refractivity contribution in [3.05, 3.63) is 70.4 Å². The second kappa shape index (κ2) is 6.73. The van der Waals surface area contributed by atoms with E-state index in [-0.39, 0.29) is 28.9 Å². The van der Waals surface area contributed by atoms with Gasteiger partial charge in [-0.05, 0) is 25.1 Å². The number of carbonyl (C=O) groups is 1. The Bertz CT molecular complexity index is 1310. The van der Waals surface area contributed by atoms with Gasteiger partial charge in [0.1, 0.15) is 5.56 Å². The Kier molecular flexibility index (Phi) is 4.33. The van der Waals surface area contributed by atoms with Gasteiger partial charge in [0.05, 0.1) is 35.0 Å². The second-order valence-corrected chi connectivity index (χ2v) is 6.08. The molecule has 4 rings (SSSR count). The average Bonchev–Trinajstić information content (AvgIpc) is 3.12. The van der Waals surface area contributed by atoms with Gasteiger partial charge < -0.3 is 4.74 Å². The van der Waals surface area contributed by atoms with E-state index in [4.69, 9.17) is 4.74 Å². The largest absolute Gasteiger partial charge is 0.462 e. The first-order chi connectivity index (χ1) is 13.8. The number of nitrogens with zero attached hydrogens (tertiary/aromatic N) is 4. The van der Waals surface area contributed by atoms with Crippen molar-refractivity contribution in [1.29, 1.82) is 0 Å². The molecule has 0 amide bonds. The molecule has 0 N–H and O–H groups in total.